The summed E-state index contributed by atoms with van der Waals surface area (Å²) in [6.45, 7) is 5.71. The van der Waals surface area contributed by atoms with Crippen molar-refractivity contribution >= 4 is 22.5 Å². The van der Waals surface area contributed by atoms with Crippen molar-refractivity contribution in [3.8, 4) is 5.88 Å². The predicted molar refractivity (Wildman–Crippen MR) is 127 cm³/mol. The molecule has 0 spiro atoms. The van der Waals surface area contributed by atoms with E-state index in [1.165, 1.54) is 5.69 Å². The van der Waals surface area contributed by atoms with Crippen LogP contribution < -0.4 is 9.64 Å². The average molecular weight is 431 g/mol. The zero-order valence-corrected chi connectivity index (χ0v) is 18.6. The van der Waals surface area contributed by atoms with Crippen LogP contribution in [0.3, 0.4) is 0 Å². The molecule has 0 N–H and O–H groups in total. The Kier molecular flexibility index (Phi) is 5.95. The fraction of sp³-hybridized carbons (Fsp3) is 0.385. The number of piperazine rings is 1. The van der Waals surface area contributed by atoms with Gasteiger partial charge in [0.15, 0.2) is 0 Å². The number of rotatable bonds is 4. The second kappa shape index (κ2) is 9.17. The number of para-hydroxylation sites is 2. The van der Waals surface area contributed by atoms with E-state index in [0.717, 1.165) is 63.0 Å². The SMILES string of the molecule is COc1cc(C(=O)N2CCCC(N3CCN(c4ccccc4)CC3)C2)c2ccccc2n1. The van der Waals surface area contributed by atoms with Gasteiger partial charge in [-0.3, -0.25) is 9.69 Å². The minimum atomic E-state index is 0.0783. The predicted octanol–water partition coefficient (Wildman–Crippen LogP) is 3.67. The Morgan fingerprint density at radius 3 is 2.50 bits per heavy atom. The van der Waals surface area contributed by atoms with E-state index in [0.29, 0.717) is 17.5 Å². The molecule has 1 aromatic heterocycles. The Balaban J connectivity index is 1.29. The molecule has 2 saturated heterocycles. The smallest absolute Gasteiger partial charge is 0.254 e. The van der Waals surface area contributed by atoms with Gasteiger partial charge in [0, 0.05) is 62.5 Å². The molecule has 2 fully saturated rings. The number of methoxy groups -OCH3 is 1. The first kappa shape index (κ1) is 20.8. The van der Waals surface area contributed by atoms with Gasteiger partial charge in [0.05, 0.1) is 18.2 Å². The van der Waals surface area contributed by atoms with Crippen LogP contribution in [0, 0.1) is 0 Å². The molecule has 1 amide bonds. The number of fused-ring (bicyclic) bond motifs is 1. The number of piperidine rings is 1. The molecule has 166 valence electrons. The molecule has 3 heterocycles. The first-order valence-corrected chi connectivity index (χ1v) is 11.5. The van der Waals surface area contributed by atoms with Crippen LogP contribution in [-0.2, 0) is 0 Å². The highest BCUT2D eigenvalue weighted by atomic mass is 16.5. The van der Waals surface area contributed by atoms with E-state index >= 15 is 0 Å². The van der Waals surface area contributed by atoms with Crippen molar-refractivity contribution in [3.05, 3.63) is 66.2 Å². The Labute approximate surface area is 189 Å². The van der Waals surface area contributed by atoms with Gasteiger partial charge in [0.25, 0.3) is 5.91 Å². The number of likely N-dealkylation sites (tertiary alicyclic amines) is 1. The van der Waals surface area contributed by atoms with Gasteiger partial charge in [0.2, 0.25) is 5.88 Å². The number of aromatic nitrogens is 1. The van der Waals surface area contributed by atoms with Gasteiger partial charge >= 0.3 is 0 Å². The third kappa shape index (κ3) is 4.15. The summed E-state index contributed by atoms with van der Waals surface area (Å²) in [6, 6.07) is 20.6. The van der Waals surface area contributed by atoms with Crippen LogP contribution in [-0.4, -0.2) is 73.1 Å². The monoisotopic (exact) mass is 430 g/mol. The molecular formula is C26H30N4O2. The van der Waals surface area contributed by atoms with E-state index in [1.54, 1.807) is 13.2 Å². The molecule has 2 aliphatic heterocycles. The third-order valence-corrected chi connectivity index (χ3v) is 6.77. The summed E-state index contributed by atoms with van der Waals surface area (Å²) in [6.07, 6.45) is 2.19. The molecule has 0 aliphatic carbocycles. The number of amides is 1. The molecular weight excluding hydrogens is 400 g/mol. The van der Waals surface area contributed by atoms with Gasteiger partial charge in [-0.05, 0) is 31.0 Å². The van der Waals surface area contributed by atoms with Crippen LogP contribution in [0.1, 0.15) is 23.2 Å². The highest BCUT2D eigenvalue weighted by Gasteiger charge is 2.31. The van der Waals surface area contributed by atoms with Crippen LogP contribution in [0.2, 0.25) is 0 Å². The van der Waals surface area contributed by atoms with E-state index in [9.17, 15) is 4.79 Å². The Morgan fingerprint density at radius 2 is 1.72 bits per heavy atom. The lowest BCUT2D eigenvalue weighted by atomic mass is 10.0. The minimum Gasteiger partial charge on any atom is -0.481 e. The molecule has 3 aromatic rings. The molecule has 2 aliphatic rings. The second-order valence-corrected chi connectivity index (χ2v) is 8.64. The van der Waals surface area contributed by atoms with Crippen molar-refractivity contribution in [2.75, 3.05) is 51.3 Å². The van der Waals surface area contributed by atoms with Gasteiger partial charge in [-0.1, -0.05) is 36.4 Å². The number of anilines is 1. The summed E-state index contributed by atoms with van der Waals surface area (Å²) in [5, 5.41) is 0.886. The van der Waals surface area contributed by atoms with Crippen molar-refractivity contribution in [2.45, 2.75) is 18.9 Å². The summed E-state index contributed by atoms with van der Waals surface area (Å²) < 4.78 is 5.37. The maximum Gasteiger partial charge on any atom is 0.254 e. The summed E-state index contributed by atoms with van der Waals surface area (Å²) in [4.78, 5) is 25.1. The number of nitrogens with zero attached hydrogens (tertiary/aromatic N) is 4. The van der Waals surface area contributed by atoms with Gasteiger partial charge in [-0.25, -0.2) is 4.98 Å². The summed E-state index contributed by atoms with van der Waals surface area (Å²) in [5.74, 6) is 0.562. The molecule has 2 aromatic carbocycles. The molecule has 6 nitrogen and oxygen atoms in total. The van der Waals surface area contributed by atoms with Crippen molar-refractivity contribution < 1.29 is 9.53 Å². The highest BCUT2D eigenvalue weighted by molar-refractivity contribution is 6.06. The van der Waals surface area contributed by atoms with E-state index in [4.69, 9.17) is 4.74 Å². The van der Waals surface area contributed by atoms with Crippen molar-refractivity contribution in [3.63, 3.8) is 0 Å². The van der Waals surface area contributed by atoms with Crippen LogP contribution >= 0.6 is 0 Å². The fourth-order valence-electron chi connectivity index (χ4n) is 5.02. The standard InChI is InChI=1S/C26H30N4O2/c1-32-25-18-23(22-11-5-6-12-24(22)27-25)26(31)30-13-7-10-21(19-30)29-16-14-28(15-17-29)20-8-3-2-4-9-20/h2-6,8-9,11-12,18,21H,7,10,13-17,19H2,1H3. The van der Waals surface area contributed by atoms with Crippen LogP contribution in [0.15, 0.2) is 60.7 Å². The Morgan fingerprint density at radius 1 is 0.969 bits per heavy atom. The van der Waals surface area contributed by atoms with E-state index in [1.807, 2.05) is 29.2 Å². The lowest BCUT2D eigenvalue weighted by Gasteiger charge is -2.44. The molecule has 1 atom stereocenters. The largest absolute Gasteiger partial charge is 0.481 e. The lowest BCUT2D eigenvalue weighted by Crippen LogP contribution is -2.55. The molecule has 5 rings (SSSR count). The first-order chi connectivity index (χ1) is 15.7. The van der Waals surface area contributed by atoms with E-state index < -0.39 is 0 Å². The Bertz CT molecular complexity index is 1080. The number of hydrogen-bond donors (Lipinski definition) is 0. The summed E-state index contributed by atoms with van der Waals surface area (Å²) >= 11 is 0. The highest BCUT2D eigenvalue weighted by Crippen LogP contribution is 2.26. The van der Waals surface area contributed by atoms with Crippen molar-refractivity contribution in [2.24, 2.45) is 0 Å². The summed E-state index contributed by atoms with van der Waals surface area (Å²) in [7, 11) is 1.59. The Hall–Kier alpha value is -3.12. The maximum atomic E-state index is 13.6. The molecule has 6 heteroatoms. The van der Waals surface area contributed by atoms with Crippen molar-refractivity contribution in [1.29, 1.82) is 0 Å². The van der Waals surface area contributed by atoms with E-state index in [2.05, 4.69) is 45.1 Å². The summed E-state index contributed by atoms with van der Waals surface area (Å²) in [5.41, 5.74) is 2.77. The topological polar surface area (TPSA) is 48.9 Å². The minimum absolute atomic E-state index is 0.0783. The molecule has 0 saturated carbocycles. The van der Waals surface area contributed by atoms with Gasteiger partial charge < -0.3 is 14.5 Å². The molecule has 0 bridgehead atoms. The average Bonchev–Trinajstić information content (AvgIpc) is 2.88. The van der Waals surface area contributed by atoms with Crippen molar-refractivity contribution in [1.82, 2.24) is 14.8 Å². The third-order valence-electron chi connectivity index (χ3n) is 6.77. The fourth-order valence-corrected chi connectivity index (χ4v) is 5.02. The number of benzene rings is 2. The zero-order chi connectivity index (χ0) is 21.9. The van der Waals surface area contributed by atoms with Gasteiger partial charge in [0.1, 0.15) is 0 Å². The van der Waals surface area contributed by atoms with Crippen LogP contribution in [0.25, 0.3) is 10.9 Å². The zero-order valence-electron chi connectivity index (χ0n) is 18.6. The number of pyridine rings is 1. The quantitative estimate of drug-likeness (QED) is 0.632. The van der Waals surface area contributed by atoms with E-state index in [-0.39, 0.29) is 5.91 Å². The lowest BCUT2D eigenvalue weighted by molar-refractivity contribution is 0.0565. The number of carbonyl (C=O) groups excluding carboxylic acids is 1. The van der Waals surface area contributed by atoms with Crippen LogP contribution in [0.4, 0.5) is 5.69 Å². The number of ether oxygens (including phenoxy) is 1. The van der Waals surface area contributed by atoms with Gasteiger partial charge in [-0.2, -0.15) is 0 Å². The molecule has 32 heavy (non-hydrogen) atoms. The molecule has 0 radical (unpaired) electrons. The normalized spacial score (nSPS) is 19.8. The number of carbonyl (C=O) groups is 1. The van der Waals surface area contributed by atoms with Crippen LogP contribution in [0.5, 0.6) is 5.88 Å². The number of hydrogen-bond acceptors (Lipinski definition) is 5. The van der Waals surface area contributed by atoms with Gasteiger partial charge in [-0.15, -0.1) is 0 Å². The maximum absolute atomic E-state index is 13.6. The second-order valence-electron chi connectivity index (χ2n) is 8.64. The first-order valence-electron chi connectivity index (χ1n) is 11.5. The molecule has 1 unspecified atom stereocenters.